The summed E-state index contributed by atoms with van der Waals surface area (Å²) in [6, 6.07) is 14.4. The summed E-state index contributed by atoms with van der Waals surface area (Å²) in [6.07, 6.45) is 6.23. The number of fused-ring (bicyclic) bond motifs is 1. The maximum absolute atomic E-state index is 13.0. The van der Waals surface area contributed by atoms with Crippen molar-refractivity contribution >= 4 is 35.0 Å². The molecule has 1 aliphatic carbocycles. The summed E-state index contributed by atoms with van der Waals surface area (Å²) in [7, 11) is 0. The second-order valence-electron chi connectivity index (χ2n) is 8.50. The Morgan fingerprint density at radius 2 is 1.44 bits per heavy atom. The van der Waals surface area contributed by atoms with Crippen molar-refractivity contribution in [3.63, 3.8) is 0 Å². The standard InChI is InChI=1S/C26H23N3O5/c30-23(27-17-9-11-18(12-10-17)28-24(31)22-7-4-14-34-22)16-8-13-20-21(15-16)26(33)29(25(20)32)19-5-2-1-3-6-19/h4,7-15,19H,1-3,5-6H2,(H,27,30)(H,28,31). The molecule has 0 radical (unpaired) electrons. The molecule has 8 nitrogen and oxygen atoms in total. The van der Waals surface area contributed by atoms with Crippen molar-refractivity contribution in [2.45, 2.75) is 38.1 Å². The highest BCUT2D eigenvalue weighted by Crippen LogP contribution is 2.31. The van der Waals surface area contributed by atoms with Crippen LogP contribution in [0, 0.1) is 0 Å². The predicted molar refractivity (Wildman–Crippen MR) is 125 cm³/mol. The molecule has 5 rings (SSSR count). The molecule has 1 saturated carbocycles. The lowest BCUT2D eigenvalue weighted by atomic mass is 9.94. The van der Waals surface area contributed by atoms with E-state index in [2.05, 4.69) is 10.6 Å². The van der Waals surface area contributed by atoms with Gasteiger partial charge in [-0.3, -0.25) is 24.1 Å². The van der Waals surface area contributed by atoms with Crippen molar-refractivity contribution in [2.24, 2.45) is 0 Å². The van der Waals surface area contributed by atoms with Crippen molar-refractivity contribution in [3.05, 3.63) is 83.3 Å². The second kappa shape index (κ2) is 8.97. The first kappa shape index (κ1) is 21.6. The molecular weight excluding hydrogens is 434 g/mol. The number of furan rings is 1. The first-order chi connectivity index (χ1) is 16.5. The first-order valence-corrected chi connectivity index (χ1v) is 11.3. The predicted octanol–water partition coefficient (Wildman–Crippen LogP) is 4.71. The molecule has 8 heteroatoms. The summed E-state index contributed by atoms with van der Waals surface area (Å²) in [5.41, 5.74) is 1.99. The Balaban J connectivity index is 1.26. The van der Waals surface area contributed by atoms with Gasteiger partial charge in [0.1, 0.15) is 0 Å². The second-order valence-corrected chi connectivity index (χ2v) is 8.50. The number of carbonyl (C=O) groups excluding carboxylic acids is 4. The summed E-state index contributed by atoms with van der Waals surface area (Å²) in [5, 5.41) is 5.48. The molecule has 0 spiro atoms. The Labute approximate surface area is 195 Å². The van der Waals surface area contributed by atoms with Gasteiger partial charge in [0.25, 0.3) is 23.6 Å². The van der Waals surface area contributed by atoms with Gasteiger partial charge in [0.2, 0.25) is 0 Å². The van der Waals surface area contributed by atoms with Gasteiger partial charge in [-0.2, -0.15) is 0 Å². The summed E-state index contributed by atoms with van der Waals surface area (Å²) < 4.78 is 5.06. The molecule has 1 aromatic heterocycles. The average Bonchev–Trinajstić information content (AvgIpc) is 3.48. The van der Waals surface area contributed by atoms with E-state index in [0.29, 0.717) is 22.5 Å². The van der Waals surface area contributed by atoms with Crippen LogP contribution in [0.5, 0.6) is 0 Å². The van der Waals surface area contributed by atoms with Crippen LogP contribution in [0.25, 0.3) is 0 Å². The molecule has 34 heavy (non-hydrogen) atoms. The molecule has 0 atom stereocenters. The highest BCUT2D eigenvalue weighted by Gasteiger charge is 2.40. The monoisotopic (exact) mass is 457 g/mol. The summed E-state index contributed by atoms with van der Waals surface area (Å²) in [5.74, 6) is -1.17. The van der Waals surface area contributed by atoms with Crippen LogP contribution in [0.1, 0.15) is 73.7 Å². The third kappa shape index (κ3) is 4.10. The summed E-state index contributed by atoms with van der Waals surface area (Å²) in [6.45, 7) is 0. The van der Waals surface area contributed by atoms with Gasteiger partial charge in [-0.15, -0.1) is 0 Å². The molecule has 3 aromatic rings. The van der Waals surface area contributed by atoms with Gasteiger partial charge in [-0.05, 0) is 67.4 Å². The van der Waals surface area contributed by atoms with Crippen LogP contribution >= 0.6 is 0 Å². The minimum atomic E-state index is -0.397. The number of benzene rings is 2. The minimum Gasteiger partial charge on any atom is -0.459 e. The molecule has 0 bridgehead atoms. The highest BCUT2D eigenvalue weighted by molar-refractivity contribution is 6.22. The van der Waals surface area contributed by atoms with E-state index in [-0.39, 0.29) is 35.1 Å². The fourth-order valence-electron chi connectivity index (χ4n) is 4.51. The number of nitrogens with one attached hydrogen (secondary N) is 2. The molecule has 0 saturated heterocycles. The van der Waals surface area contributed by atoms with Gasteiger partial charge in [-0.1, -0.05) is 19.3 Å². The SMILES string of the molecule is O=C(Nc1ccc(NC(=O)c2ccco2)cc1)c1ccc2c(c1)C(=O)N(C1CCCCC1)C2=O. The van der Waals surface area contributed by atoms with Crippen molar-refractivity contribution in [1.29, 1.82) is 0 Å². The maximum Gasteiger partial charge on any atom is 0.291 e. The smallest absolute Gasteiger partial charge is 0.291 e. The van der Waals surface area contributed by atoms with E-state index in [4.69, 9.17) is 4.42 Å². The van der Waals surface area contributed by atoms with E-state index in [0.717, 1.165) is 32.1 Å². The van der Waals surface area contributed by atoms with Crippen LogP contribution in [0.3, 0.4) is 0 Å². The minimum absolute atomic E-state index is 0.0646. The lowest BCUT2D eigenvalue weighted by Gasteiger charge is -2.29. The van der Waals surface area contributed by atoms with E-state index in [9.17, 15) is 19.2 Å². The normalized spacial score (nSPS) is 15.8. The van der Waals surface area contributed by atoms with E-state index < -0.39 is 5.91 Å². The quantitative estimate of drug-likeness (QED) is 0.539. The van der Waals surface area contributed by atoms with Gasteiger partial charge in [0, 0.05) is 23.0 Å². The van der Waals surface area contributed by atoms with E-state index in [1.165, 1.54) is 17.2 Å². The van der Waals surface area contributed by atoms with Gasteiger partial charge in [0.05, 0.1) is 17.4 Å². The molecule has 2 N–H and O–H groups in total. The molecule has 2 aromatic carbocycles. The fraction of sp³-hybridized carbons (Fsp3) is 0.231. The Morgan fingerprint density at radius 3 is 2.09 bits per heavy atom. The number of nitrogens with zero attached hydrogens (tertiary/aromatic N) is 1. The maximum atomic E-state index is 13.0. The number of imide groups is 1. The molecule has 0 unspecified atom stereocenters. The number of amides is 4. The third-order valence-electron chi connectivity index (χ3n) is 6.27. The van der Waals surface area contributed by atoms with Gasteiger partial charge < -0.3 is 15.1 Å². The molecule has 1 aliphatic heterocycles. The third-order valence-corrected chi connectivity index (χ3v) is 6.27. The molecule has 172 valence electrons. The number of hydrogen-bond acceptors (Lipinski definition) is 5. The first-order valence-electron chi connectivity index (χ1n) is 11.3. The van der Waals surface area contributed by atoms with Crippen LogP contribution in [0.4, 0.5) is 11.4 Å². The van der Waals surface area contributed by atoms with Crippen LogP contribution in [0.2, 0.25) is 0 Å². The van der Waals surface area contributed by atoms with E-state index >= 15 is 0 Å². The lowest BCUT2D eigenvalue weighted by molar-refractivity contribution is 0.0548. The largest absolute Gasteiger partial charge is 0.459 e. The number of rotatable bonds is 5. The van der Waals surface area contributed by atoms with Crippen LogP contribution in [-0.4, -0.2) is 34.6 Å². The highest BCUT2D eigenvalue weighted by atomic mass is 16.3. The Hall–Kier alpha value is -4.20. The fourth-order valence-corrected chi connectivity index (χ4v) is 4.51. The zero-order valence-electron chi connectivity index (χ0n) is 18.4. The van der Waals surface area contributed by atoms with Gasteiger partial charge >= 0.3 is 0 Å². The topological polar surface area (TPSA) is 109 Å². The lowest BCUT2D eigenvalue weighted by Crippen LogP contribution is -2.40. The van der Waals surface area contributed by atoms with E-state index in [1.54, 1.807) is 48.5 Å². The number of carbonyl (C=O) groups is 4. The Bertz CT molecular complexity index is 1260. The van der Waals surface area contributed by atoms with Crippen molar-refractivity contribution < 1.29 is 23.6 Å². The van der Waals surface area contributed by atoms with Crippen molar-refractivity contribution in [1.82, 2.24) is 4.90 Å². The molecule has 2 aliphatic rings. The average molecular weight is 457 g/mol. The van der Waals surface area contributed by atoms with Gasteiger partial charge in [0.15, 0.2) is 5.76 Å². The van der Waals surface area contributed by atoms with E-state index in [1.807, 2.05) is 0 Å². The van der Waals surface area contributed by atoms with Crippen LogP contribution in [0.15, 0.2) is 65.3 Å². The number of anilines is 2. The Morgan fingerprint density at radius 1 is 0.794 bits per heavy atom. The zero-order chi connectivity index (χ0) is 23.7. The molecule has 2 heterocycles. The van der Waals surface area contributed by atoms with Gasteiger partial charge in [-0.25, -0.2) is 0 Å². The summed E-state index contributed by atoms with van der Waals surface area (Å²) >= 11 is 0. The molecular formula is C26H23N3O5. The van der Waals surface area contributed by atoms with Crippen molar-refractivity contribution in [3.8, 4) is 0 Å². The molecule has 1 fully saturated rings. The van der Waals surface area contributed by atoms with Crippen LogP contribution < -0.4 is 10.6 Å². The molecule has 4 amide bonds. The van der Waals surface area contributed by atoms with Crippen LogP contribution in [-0.2, 0) is 0 Å². The Kier molecular flexibility index (Phi) is 5.71. The summed E-state index contributed by atoms with van der Waals surface area (Å²) in [4.78, 5) is 52.1. The zero-order valence-corrected chi connectivity index (χ0v) is 18.4. The van der Waals surface area contributed by atoms with Crippen molar-refractivity contribution in [2.75, 3.05) is 10.6 Å². The number of hydrogen-bond donors (Lipinski definition) is 2.